The van der Waals surface area contributed by atoms with Gasteiger partial charge in [0.25, 0.3) is 5.91 Å². The van der Waals surface area contributed by atoms with Crippen LogP contribution < -0.4 is 0 Å². The third kappa shape index (κ3) is 3.48. The molecule has 0 bridgehead atoms. The summed E-state index contributed by atoms with van der Waals surface area (Å²) in [6, 6.07) is 10.0. The fourth-order valence-electron chi connectivity index (χ4n) is 2.38. The molecule has 0 aliphatic heterocycles. The van der Waals surface area contributed by atoms with E-state index < -0.39 is 0 Å². The van der Waals surface area contributed by atoms with E-state index in [0.29, 0.717) is 18.7 Å². The van der Waals surface area contributed by atoms with E-state index in [0.717, 1.165) is 11.4 Å². The molecule has 0 saturated carbocycles. The highest BCUT2D eigenvalue weighted by atomic mass is 16.2. The Bertz CT molecular complexity index is 790. The number of carbonyl (C=O) groups is 1. The number of nitrogens with zero attached hydrogens (tertiary/aromatic N) is 5. The Hall–Kier alpha value is -2.89. The molecule has 23 heavy (non-hydrogen) atoms. The summed E-state index contributed by atoms with van der Waals surface area (Å²) in [5, 5.41) is 4.28. The maximum Gasteiger partial charge on any atom is 0.257 e. The summed E-state index contributed by atoms with van der Waals surface area (Å²) < 4.78 is 3.68. The lowest BCUT2D eigenvalue weighted by Gasteiger charge is -2.15. The maximum atomic E-state index is 12.5. The van der Waals surface area contributed by atoms with Gasteiger partial charge >= 0.3 is 0 Å². The van der Waals surface area contributed by atoms with Gasteiger partial charge in [-0.2, -0.15) is 5.10 Å². The molecule has 0 N–H and O–H groups in total. The molecule has 0 unspecified atom stereocenters. The summed E-state index contributed by atoms with van der Waals surface area (Å²) in [4.78, 5) is 18.4. The van der Waals surface area contributed by atoms with Gasteiger partial charge in [0.05, 0.1) is 24.8 Å². The first kappa shape index (κ1) is 15.0. The van der Waals surface area contributed by atoms with Gasteiger partial charge in [-0.1, -0.05) is 30.3 Å². The average Bonchev–Trinajstić information content (AvgIpc) is 3.17. The smallest absolute Gasteiger partial charge is 0.257 e. The highest BCUT2D eigenvalue weighted by Gasteiger charge is 2.15. The predicted octanol–water partition coefficient (Wildman–Crippen LogP) is 1.94. The van der Waals surface area contributed by atoms with Crippen LogP contribution >= 0.6 is 0 Å². The zero-order chi connectivity index (χ0) is 16.2. The molecule has 3 aromatic rings. The second-order valence-corrected chi connectivity index (χ2v) is 5.53. The van der Waals surface area contributed by atoms with Crippen LogP contribution in [0.2, 0.25) is 0 Å². The minimum absolute atomic E-state index is 0.0627. The molecule has 6 nitrogen and oxygen atoms in total. The fraction of sp³-hybridized carbons (Fsp3) is 0.235. The van der Waals surface area contributed by atoms with Crippen LogP contribution in [-0.4, -0.2) is 37.2 Å². The van der Waals surface area contributed by atoms with Crippen molar-refractivity contribution in [2.75, 3.05) is 7.05 Å². The molecule has 0 spiro atoms. The molecule has 118 valence electrons. The Morgan fingerprint density at radius 1 is 1.26 bits per heavy atom. The predicted molar refractivity (Wildman–Crippen MR) is 86.8 cm³/mol. The van der Waals surface area contributed by atoms with E-state index in [-0.39, 0.29) is 5.91 Å². The Labute approximate surface area is 135 Å². The lowest BCUT2D eigenvalue weighted by atomic mass is 10.2. The van der Waals surface area contributed by atoms with Crippen molar-refractivity contribution >= 4 is 5.91 Å². The van der Waals surface area contributed by atoms with Crippen LogP contribution in [-0.2, 0) is 20.1 Å². The first-order valence-corrected chi connectivity index (χ1v) is 7.41. The van der Waals surface area contributed by atoms with E-state index in [2.05, 4.69) is 10.1 Å². The quantitative estimate of drug-likeness (QED) is 0.724. The second kappa shape index (κ2) is 6.48. The largest absolute Gasteiger partial charge is 0.337 e. The number of aromatic nitrogens is 4. The lowest BCUT2D eigenvalue weighted by Crippen LogP contribution is -2.27. The topological polar surface area (TPSA) is 56.0 Å². The summed E-state index contributed by atoms with van der Waals surface area (Å²) in [5.74, 6) is 0.782. The van der Waals surface area contributed by atoms with Gasteiger partial charge in [0.15, 0.2) is 0 Å². The molecule has 0 saturated heterocycles. The summed E-state index contributed by atoms with van der Waals surface area (Å²) in [5.41, 5.74) is 1.73. The van der Waals surface area contributed by atoms with Gasteiger partial charge in [-0.3, -0.25) is 9.48 Å². The van der Waals surface area contributed by atoms with Crippen LogP contribution in [0.3, 0.4) is 0 Å². The Balaban J connectivity index is 1.67. The average molecular weight is 309 g/mol. The zero-order valence-electron chi connectivity index (χ0n) is 13.3. The number of aryl methyl sites for hydroxylation is 1. The number of rotatable bonds is 5. The molecule has 0 aliphatic rings. The van der Waals surface area contributed by atoms with Crippen molar-refractivity contribution < 1.29 is 4.79 Å². The molecular formula is C17H19N5O. The molecule has 0 radical (unpaired) electrons. The number of hydrogen-bond acceptors (Lipinski definition) is 3. The first-order chi connectivity index (χ1) is 11.1. The Kier molecular flexibility index (Phi) is 4.23. The lowest BCUT2D eigenvalue weighted by molar-refractivity contribution is 0.0780. The standard InChI is InChI=1S/C17H19N5O/c1-20-9-8-18-16(20)13-21(2)17(23)15-10-19-22(12-15)11-14-6-4-3-5-7-14/h3-10,12H,11,13H2,1-2H3. The Morgan fingerprint density at radius 2 is 2.04 bits per heavy atom. The molecule has 1 aromatic carbocycles. The number of hydrogen-bond donors (Lipinski definition) is 0. The number of carbonyl (C=O) groups excluding carboxylic acids is 1. The number of amides is 1. The third-order valence-electron chi connectivity index (χ3n) is 3.71. The van der Waals surface area contributed by atoms with Crippen LogP contribution in [0, 0.1) is 0 Å². The molecule has 1 amide bonds. The summed E-state index contributed by atoms with van der Waals surface area (Å²) >= 11 is 0. The molecular weight excluding hydrogens is 290 g/mol. The normalized spacial score (nSPS) is 10.7. The van der Waals surface area contributed by atoms with Crippen molar-refractivity contribution in [2.45, 2.75) is 13.1 Å². The van der Waals surface area contributed by atoms with E-state index in [1.807, 2.05) is 48.1 Å². The zero-order valence-corrected chi connectivity index (χ0v) is 13.3. The first-order valence-electron chi connectivity index (χ1n) is 7.41. The van der Waals surface area contributed by atoms with Crippen molar-refractivity contribution in [2.24, 2.45) is 7.05 Å². The van der Waals surface area contributed by atoms with E-state index in [4.69, 9.17) is 0 Å². The van der Waals surface area contributed by atoms with Crippen molar-refractivity contribution in [3.05, 3.63) is 72.1 Å². The van der Waals surface area contributed by atoms with Gasteiger partial charge in [-0.05, 0) is 5.56 Å². The highest BCUT2D eigenvalue weighted by molar-refractivity contribution is 5.93. The van der Waals surface area contributed by atoms with Gasteiger partial charge in [0, 0.05) is 32.7 Å². The minimum Gasteiger partial charge on any atom is -0.337 e. The Morgan fingerprint density at radius 3 is 2.74 bits per heavy atom. The summed E-state index contributed by atoms with van der Waals surface area (Å²) in [6.07, 6.45) is 6.99. The number of benzene rings is 1. The third-order valence-corrected chi connectivity index (χ3v) is 3.71. The molecule has 0 fully saturated rings. The van der Waals surface area contributed by atoms with Crippen molar-refractivity contribution in [1.82, 2.24) is 24.2 Å². The maximum absolute atomic E-state index is 12.5. The van der Waals surface area contributed by atoms with Crippen LogP contribution in [0.25, 0.3) is 0 Å². The molecule has 3 rings (SSSR count). The van der Waals surface area contributed by atoms with Gasteiger partial charge in [0.1, 0.15) is 5.82 Å². The summed E-state index contributed by atoms with van der Waals surface area (Å²) in [7, 11) is 3.68. The van der Waals surface area contributed by atoms with E-state index in [1.165, 1.54) is 0 Å². The van der Waals surface area contributed by atoms with Gasteiger partial charge in [-0.15, -0.1) is 0 Å². The van der Waals surface area contributed by atoms with Gasteiger partial charge in [-0.25, -0.2) is 4.98 Å². The van der Waals surface area contributed by atoms with Gasteiger partial charge in [0.2, 0.25) is 0 Å². The molecule has 2 aromatic heterocycles. The molecule has 0 atom stereocenters. The van der Waals surface area contributed by atoms with Crippen LogP contribution in [0.15, 0.2) is 55.1 Å². The van der Waals surface area contributed by atoms with Crippen LogP contribution in [0.5, 0.6) is 0 Å². The number of imidazole rings is 1. The molecule has 6 heteroatoms. The highest BCUT2D eigenvalue weighted by Crippen LogP contribution is 2.08. The molecule has 2 heterocycles. The van der Waals surface area contributed by atoms with Crippen molar-refractivity contribution in [1.29, 1.82) is 0 Å². The monoisotopic (exact) mass is 309 g/mol. The second-order valence-electron chi connectivity index (χ2n) is 5.53. The van der Waals surface area contributed by atoms with E-state index in [9.17, 15) is 4.79 Å². The van der Waals surface area contributed by atoms with E-state index >= 15 is 0 Å². The SMILES string of the molecule is CN(Cc1nccn1C)C(=O)c1cnn(Cc2ccccc2)c1. The van der Waals surface area contributed by atoms with Crippen molar-refractivity contribution in [3.8, 4) is 0 Å². The van der Waals surface area contributed by atoms with Crippen molar-refractivity contribution in [3.63, 3.8) is 0 Å². The van der Waals surface area contributed by atoms with Crippen LogP contribution in [0.1, 0.15) is 21.7 Å². The van der Waals surface area contributed by atoms with Gasteiger partial charge < -0.3 is 9.47 Å². The van der Waals surface area contributed by atoms with Crippen LogP contribution in [0.4, 0.5) is 0 Å². The fourth-order valence-corrected chi connectivity index (χ4v) is 2.38. The van der Waals surface area contributed by atoms with E-state index in [1.54, 1.807) is 35.2 Å². The minimum atomic E-state index is -0.0627. The summed E-state index contributed by atoms with van der Waals surface area (Å²) in [6.45, 7) is 1.11. The molecule has 0 aliphatic carbocycles.